The van der Waals surface area contributed by atoms with E-state index in [1.54, 1.807) is 0 Å². The topological polar surface area (TPSA) is 42.7 Å². The molecule has 0 atom stereocenters. The Bertz CT molecular complexity index is 554. The number of hydrogen-bond donors (Lipinski definition) is 1. The first kappa shape index (κ1) is 11.8. The van der Waals surface area contributed by atoms with Crippen molar-refractivity contribution in [2.45, 2.75) is 20.4 Å². The average molecular weight is 230 g/mol. The van der Waals surface area contributed by atoms with E-state index in [1.165, 1.54) is 5.56 Å². The molecule has 0 aliphatic rings. The number of hydrogen-bond acceptors (Lipinski definition) is 3. The maximum atomic E-state index is 4.44. The highest BCUT2D eigenvalue weighted by molar-refractivity contribution is 5.78. The lowest BCUT2D eigenvalue weighted by molar-refractivity contribution is 0.738. The predicted molar refractivity (Wildman–Crippen MR) is 69.8 cm³/mol. The molecule has 4 nitrogen and oxygen atoms in total. The zero-order valence-corrected chi connectivity index (χ0v) is 10.6. The molecule has 4 heteroatoms. The normalized spacial score (nSPS) is 11.0. The standard InChI is InChI=1S/C13H18N4/c1-9(2)6-14-7-11-5-12-10(3)16-17(4)13(12)15-8-11/h5,8,14H,1,6-7H2,2-4H3. The van der Waals surface area contributed by atoms with E-state index in [0.717, 1.165) is 35.4 Å². The number of fused-ring (bicyclic) bond motifs is 1. The van der Waals surface area contributed by atoms with E-state index in [1.807, 2.05) is 31.8 Å². The molecule has 2 aromatic rings. The maximum absolute atomic E-state index is 4.44. The second-order valence-corrected chi connectivity index (χ2v) is 4.48. The summed E-state index contributed by atoms with van der Waals surface area (Å²) >= 11 is 0. The second-order valence-electron chi connectivity index (χ2n) is 4.48. The third-order valence-corrected chi connectivity index (χ3v) is 2.68. The Balaban J connectivity index is 2.19. The molecule has 1 N–H and O–H groups in total. The molecule has 0 aromatic carbocycles. The SMILES string of the molecule is C=C(C)CNCc1cnc2c(c1)c(C)nn2C. The number of aromatic nitrogens is 3. The molecule has 17 heavy (non-hydrogen) atoms. The lowest BCUT2D eigenvalue weighted by Gasteiger charge is -2.04. The highest BCUT2D eigenvalue weighted by Gasteiger charge is 2.06. The van der Waals surface area contributed by atoms with Crippen LogP contribution in [-0.4, -0.2) is 21.3 Å². The summed E-state index contributed by atoms with van der Waals surface area (Å²) in [7, 11) is 1.92. The van der Waals surface area contributed by atoms with Crippen LogP contribution in [0.25, 0.3) is 11.0 Å². The first-order valence-electron chi connectivity index (χ1n) is 5.71. The van der Waals surface area contributed by atoms with Crippen LogP contribution in [0.1, 0.15) is 18.2 Å². The van der Waals surface area contributed by atoms with Crippen LogP contribution in [0.4, 0.5) is 0 Å². The van der Waals surface area contributed by atoms with Crippen molar-refractivity contribution < 1.29 is 0 Å². The largest absolute Gasteiger partial charge is 0.309 e. The van der Waals surface area contributed by atoms with Crippen molar-refractivity contribution in [2.75, 3.05) is 6.54 Å². The summed E-state index contributed by atoms with van der Waals surface area (Å²) in [6, 6.07) is 2.15. The molecule has 2 heterocycles. The minimum absolute atomic E-state index is 0.810. The van der Waals surface area contributed by atoms with Gasteiger partial charge in [-0.15, -0.1) is 0 Å². The summed E-state index contributed by atoms with van der Waals surface area (Å²) in [6.07, 6.45) is 1.90. The van der Waals surface area contributed by atoms with Gasteiger partial charge in [0.2, 0.25) is 0 Å². The predicted octanol–water partition coefficient (Wildman–Crippen LogP) is 1.94. The van der Waals surface area contributed by atoms with Gasteiger partial charge in [-0.3, -0.25) is 4.68 Å². The molecule has 0 saturated heterocycles. The van der Waals surface area contributed by atoms with Gasteiger partial charge in [0.25, 0.3) is 0 Å². The van der Waals surface area contributed by atoms with E-state index >= 15 is 0 Å². The summed E-state index contributed by atoms with van der Waals surface area (Å²) in [5, 5.41) is 8.81. The zero-order valence-electron chi connectivity index (χ0n) is 10.6. The first-order valence-corrected chi connectivity index (χ1v) is 5.71. The number of pyridine rings is 1. The summed E-state index contributed by atoms with van der Waals surface area (Å²) < 4.78 is 1.82. The fourth-order valence-corrected chi connectivity index (χ4v) is 1.87. The quantitative estimate of drug-likeness (QED) is 0.816. The van der Waals surface area contributed by atoms with Crippen molar-refractivity contribution in [2.24, 2.45) is 7.05 Å². The van der Waals surface area contributed by atoms with E-state index in [9.17, 15) is 0 Å². The molecule has 0 aliphatic carbocycles. The van der Waals surface area contributed by atoms with Gasteiger partial charge < -0.3 is 5.32 Å². The highest BCUT2D eigenvalue weighted by Crippen LogP contribution is 2.16. The Hall–Kier alpha value is -1.68. The van der Waals surface area contributed by atoms with E-state index in [0.29, 0.717) is 0 Å². The van der Waals surface area contributed by atoms with Crippen molar-refractivity contribution in [1.29, 1.82) is 0 Å². The Morgan fingerprint density at radius 3 is 3.00 bits per heavy atom. The van der Waals surface area contributed by atoms with E-state index in [-0.39, 0.29) is 0 Å². The molecular formula is C13H18N4. The van der Waals surface area contributed by atoms with Crippen molar-refractivity contribution in [3.05, 3.63) is 35.7 Å². The molecule has 2 aromatic heterocycles. The highest BCUT2D eigenvalue weighted by atomic mass is 15.3. The lowest BCUT2D eigenvalue weighted by atomic mass is 10.2. The van der Waals surface area contributed by atoms with E-state index < -0.39 is 0 Å². The molecule has 0 unspecified atom stereocenters. The Morgan fingerprint density at radius 2 is 2.29 bits per heavy atom. The van der Waals surface area contributed by atoms with Crippen molar-refractivity contribution in [3.8, 4) is 0 Å². The Morgan fingerprint density at radius 1 is 1.53 bits per heavy atom. The van der Waals surface area contributed by atoms with Crippen LogP contribution in [0.5, 0.6) is 0 Å². The Kier molecular flexibility index (Phi) is 3.24. The van der Waals surface area contributed by atoms with Gasteiger partial charge in [-0.2, -0.15) is 5.10 Å². The molecule has 0 aliphatic heterocycles. The van der Waals surface area contributed by atoms with Gasteiger partial charge in [0.15, 0.2) is 5.65 Å². The maximum Gasteiger partial charge on any atom is 0.157 e. The monoisotopic (exact) mass is 230 g/mol. The zero-order chi connectivity index (χ0) is 12.4. The summed E-state index contributed by atoms with van der Waals surface area (Å²) in [5.74, 6) is 0. The number of aryl methyl sites for hydroxylation is 2. The smallest absolute Gasteiger partial charge is 0.157 e. The molecule has 90 valence electrons. The van der Waals surface area contributed by atoms with Crippen LogP contribution >= 0.6 is 0 Å². The van der Waals surface area contributed by atoms with Crippen LogP contribution in [-0.2, 0) is 13.6 Å². The number of nitrogens with zero attached hydrogens (tertiary/aromatic N) is 3. The molecule has 0 spiro atoms. The molecule has 0 fully saturated rings. The summed E-state index contributed by atoms with van der Waals surface area (Å²) in [4.78, 5) is 4.44. The lowest BCUT2D eigenvalue weighted by Crippen LogP contribution is -2.15. The molecule has 0 bridgehead atoms. The van der Waals surface area contributed by atoms with Crippen LogP contribution < -0.4 is 5.32 Å². The number of nitrogens with one attached hydrogen (secondary N) is 1. The fourth-order valence-electron chi connectivity index (χ4n) is 1.87. The van der Waals surface area contributed by atoms with Crippen LogP contribution in [0, 0.1) is 6.92 Å². The fraction of sp³-hybridized carbons (Fsp3) is 0.385. The third-order valence-electron chi connectivity index (χ3n) is 2.68. The van der Waals surface area contributed by atoms with Crippen molar-refractivity contribution in [3.63, 3.8) is 0 Å². The minimum Gasteiger partial charge on any atom is -0.309 e. The van der Waals surface area contributed by atoms with Crippen molar-refractivity contribution in [1.82, 2.24) is 20.1 Å². The van der Waals surface area contributed by atoms with Gasteiger partial charge in [-0.25, -0.2) is 4.98 Å². The van der Waals surface area contributed by atoms with Crippen molar-refractivity contribution >= 4 is 11.0 Å². The van der Waals surface area contributed by atoms with Gasteiger partial charge >= 0.3 is 0 Å². The molecule has 0 saturated carbocycles. The minimum atomic E-state index is 0.810. The summed E-state index contributed by atoms with van der Waals surface area (Å²) in [5.41, 5.74) is 4.27. The first-order chi connectivity index (χ1) is 8.08. The van der Waals surface area contributed by atoms with Crippen LogP contribution in [0.2, 0.25) is 0 Å². The molecule has 0 radical (unpaired) electrons. The second kappa shape index (κ2) is 4.67. The van der Waals surface area contributed by atoms with Crippen LogP contribution in [0.3, 0.4) is 0 Å². The third kappa shape index (κ3) is 2.53. The van der Waals surface area contributed by atoms with E-state index in [4.69, 9.17) is 0 Å². The van der Waals surface area contributed by atoms with Gasteiger partial charge in [0.1, 0.15) is 0 Å². The van der Waals surface area contributed by atoms with Gasteiger partial charge in [0, 0.05) is 31.7 Å². The molecular weight excluding hydrogens is 212 g/mol. The Labute approximate surface area is 101 Å². The van der Waals surface area contributed by atoms with Gasteiger partial charge in [-0.05, 0) is 25.5 Å². The van der Waals surface area contributed by atoms with Crippen LogP contribution in [0.15, 0.2) is 24.4 Å². The molecule has 2 rings (SSSR count). The van der Waals surface area contributed by atoms with Gasteiger partial charge in [0.05, 0.1) is 5.69 Å². The number of rotatable bonds is 4. The average Bonchev–Trinajstić information content (AvgIpc) is 2.54. The summed E-state index contributed by atoms with van der Waals surface area (Å²) in [6.45, 7) is 9.53. The van der Waals surface area contributed by atoms with E-state index in [2.05, 4.69) is 28.0 Å². The van der Waals surface area contributed by atoms with Gasteiger partial charge in [-0.1, -0.05) is 12.2 Å². The molecule has 0 amide bonds.